The summed E-state index contributed by atoms with van der Waals surface area (Å²) in [6, 6.07) is 10.7. The van der Waals surface area contributed by atoms with Gasteiger partial charge in [-0.3, -0.25) is 9.59 Å². The highest BCUT2D eigenvalue weighted by Crippen LogP contribution is 2.29. The van der Waals surface area contributed by atoms with Gasteiger partial charge in [0.25, 0.3) is 0 Å². The van der Waals surface area contributed by atoms with Gasteiger partial charge in [0.15, 0.2) is 0 Å². The summed E-state index contributed by atoms with van der Waals surface area (Å²) in [6.07, 6.45) is 6.20. The van der Waals surface area contributed by atoms with Crippen molar-refractivity contribution >= 4 is 11.9 Å². The number of benzene rings is 1. The lowest BCUT2D eigenvalue weighted by Crippen LogP contribution is -2.37. The largest absolute Gasteiger partial charge is 0.481 e. The molecular weight excluding hydrogens is 278 g/mol. The molecule has 4 heteroatoms. The number of carbonyl (C=O) groups excluding carboxylic acids is 1. The molecule has 2 N–H and O–H groups in total. The fourth-order valence-electron chi connectivity index (χ4n) is 3.23. The molecule has 0 saturated heterocycles. The van der Waals surface area contributed by atoms with Gasteiger partial charge in [-0.15, -0.1) is 0 Å². The van der Waals surface area contributed by atoms with E-state index in [1.807, 2.05) is 6.07 Å². The molecule has 1 saturated carbocycles. The third kappa shape index (κ3) is 5.51. The van der Waals surface area contributed by atoms with Gasteiger partial charge in [-0.2, -0.15) is 0 Å². The number of rotatable bonds is 8. The average molecular weight is 303 g/mol. The quantitative estimate of drug-likeness (QED) is 0.725. The van der Waals surface area contributed by atoms with E-state index in [0.717, 1.165) is 12.8 Å². The normalized spacial score (nSPS) is 20.7. The van der Waals surface area contributed by atoms with Crippen molar-refractivity contribution in [2.45, 2.75) is 57.4 Å². The van der Waals surface area contributed by atoms with E-state index in [1.54, 1.807) is 0 Å². The second-order valence-electron chi connectivity index (χ2n) is 6.16. The molecule has 22 heavy (non-hydrogen) atoms. The van der Waals surface area contributed by atoms with Crippen LogP contribution in [0.25, 0.3) is 0 Å². The molecule has 0 radical (unpaired) electrons. The number of hydrogen-bond donors (Lipinski definition) is 2. The molecule has 0 bridgehead atoms. The van der Waals surface area contributed by atoms with Crippen LogP contribution in [-0.4, -0.2) is 23.0 Å². The number of carboxylic acids is 1. The molecule has 0 spiro atoms. The number of unbranched alkanes of at least 4 members (excludes halogenated alkanes) is 1. The van der Waals surface area contributed by atoms with Gasteiger partial charge in [0, 0.05) is 18.9 Å². The highest BCUT2D eigenvalue weighted by Gasteiger charge is 2.28. The molecule has 2 rings (SSSR count). The number of carbonyl (C=O) groups is 2. The summed E-state index contributed by atoms with van der Waals surface area (Å²) in [7, 11) is 0. The summed E-state index contributed by atoms with van der Waals surface area (Å²) in [5.41, 5.74) is 1.33. The minimum absolute atomic E-state index is 0.0651. The Labute approximate surface area is 131 Å². The molecule has 1 amide bonds. The van der Waals surface area contributed by atoms with E-state index in [2.05, 4.69) is 29.6 Å². The summed E-state index contributed by atoms with van der Waals surface area (Å²) < 4.78 is 0. The minimum Gasteiger partial charge on any atom is -0.481 e. The van der Waals surface area contributed by atoms with Crippen molar-refractivity contribution in [3.05, 3.63) is 35.9 Å². The van der Waals surface area contributed by atoms with E-state index in [-0.39, 0.29) is 18.4 Å². The Kier molecular flexibility index (Phi) is 6.44. The van der Waals surface area contributed by atoms with Crippen LogP contribution in [0.15, 0.2) is 30.3 Å². The van der Waals surface area contributed by atoms with Crippen LogP contribution < -0.4 is 5.32 Å². The molecule has 0 heterocycles. The lowest BCUT2D eigenvalue weighted by molar-refractivity contribution is -0.137. The van der Waals surface area contributed by atoms with E-state index in [9.17, 15) is 9.59 Å². The summed E-state index contributed by atoms with van der Waals surface area (Å²) in [5.74, 6) is -0.208. The lowest BCUT2D eigenvalue weighted by atomic mass is 9.94. The van der Waals surface area contributed by atoms with E-state index >= 15 is 0 Å². The van der Waals surface area contributed by atoms with Crippen LogP contribution in [0, 0.1) is 5.92 Å². The standard InChI is InChI=1S/C18H25NO3/c20-17(11-4-5-12-18(21)22)19-16-10-6-9-15(16)13-14-7-2-1-3-8-14/h1-3,7-8,15-16H,4-6,9-13H2,(H,19,20)(H,21,22). The Bertz CT molecular complexity index is 486. The van der Waals surface area contributed by atoms with E-state index in [4.69, 9.17) is 5.11 Å². The predicted molar refractivity (Wildman–Crippen MR) is 85.5 cm³/mol. The Morgan fingerprint density at radius 1 is 1.09 bits per heavy atom. The third-order valence-corrected chi connectivity index (χ3v) is 4.39. The summed E-state index contributed by atoms with van der Waals surface area (Å²) >= 11 is 0. The molecule has 0 aliphatic heterocycles. The fourth-order valence-corrected chi connectivity index (χ4v) is 3.23. The van der Waals surface area contributed by atoms with E-state index < -0.39 is 5.97 Å². The van der Waals surface area contributed by atoms with Crippen molar-refractivity contribution in [3.63, 3.8) is 0 Å². The second-order valence-corrected chi connectivity index (χ2v) is 6.16. The van der Waals surface area contributed by atoms with Gasteiger partial charge in [-0.1, -0.05) is 36.8 Å². The topological polar surface area (TPSA) is 66.4 Å². The SMILES string of the molecule is O=C(O)CCCCC(=O)NC1CCCC1Cc1ccccc1. The maximum absolute atomic E-state index is 12.0. The Morgan fingerprint density at radius 2 is 1.82 bits per heavy atom. The van der Waals surface area contributed by atoms with Gasteiger partial charge in [-0.25, -0.2) is 0 Å². The van der Waals surface area contributed by atoms with Crippen molar-refractivity contribution < 1.29 is 14.7 Å². The van der Waals surface area contributed by atoms with Gasteiger partial charge in [0.1, 0.15) is 0 Å². The van der Waals surface area contributed by atoms with Crippen molar-refractivity contribution in [2.75, 3.05) is 0 Å². The van der Waals surface area contributed by atoms with E-state index in [1.165, 1.54) is 18.4 Å². The molecule has 1 aliphatic rings. The number of hydrogen-bond acceptors (Lipinski definition) is 2. The van der Waals surface area contributed by atoms with E-state index in [0.29, 0.717) is 25.2 Å². The monoisotopic (exact) mass is 303 g/mol. The predicted octanol–water partition coefficient (Wildman–Crippen LogP) is 3.16. The van der Waals surface area contributed by atoms with Crippen LogP contribution >= 0.6 is 0 Å². The molecule has 4 nitrogen and oxygen atoms in total. The maximum Gasteiger partial charge on any atom is 0.303 e. The zero-order chi connectivity index (χ0) is 15.8. The first-order chi connectivity index (χ1) is 10.6. The van der Waals surface area contributed by atoms with Crippen molar-refractivity contribution in [1.82, 2.24) is 5.32 Å². The van der Waals surface area contributed by atoms with Gasteiger partial charge in [-0.05, 0) is 43.6 Å². The first-order valence-electron chi connectivity index (χ1n) is 8.20. The fraction of sp³-hybridized carbons (Fsp3) is 0.556. The third-order valence-electron chi connectivity index (χ3n) is 4.39. The van der Waals surface area contributed by atoms with Gasteiger partial charge >= 0.3 is 5.97 Å². The molecule has 1 aromatic rings. The van der Waals surface area contributed by atoms with Gasteiger partial charge in [0.05, 0.1) is 0 Å². The molecule has 2 atom stereocenters. The molecule has 1 aliphatic carbocycles. The summed E-state index contributed by atoms with van der Waals surface area (Å²) in [4.78, 5) is 22.4. The minimum atomic E-state index is -0.792. The number of aliphatic carboxylic acids is 1. The smallest absolute Gasteiger partial charge is 0.303 e. The molecule has 120 valence electrons. The number of nitrogens with one attached hydrogen (secondary N) is 1. The van der Waals surface area contributed by atoms with Crippen LogP contribution in [0.1, 0.15) is 50.5 Å². The maximum atomic E-state index is 12.0. The second kappa shape index (κ2) is 8.57. The molecule has 2 unspecified atom stereocenters. The lowest BCUT2D eigenvalue weighted by Gasteiger charge is -2.21. The number of carboxylic acid groups (broad SMARTS) is 1. The van der Waals surface area contributed by atoms with Crippen LogP contribution in [-0.2, 0) is 16.0 Å². The molecule has 1 fully saturated rings. The zero-order valence-electron chi connectivity index (χ0n) is 13.0. The first-order valence-corrected chi connectivity index (χ1v) is 8.20. The van der Waals surface area contributed by atoms with Crippen LogP contribution in [0.3, 0.4) is 0 Å². The summed E-state index contributed by atoms with van der Waals surface area (Å²) in [6.45, 7) is 0. The van der Waals surface area contributed by atoms with Gasteiger partial charge in [0.2, 0.25) is 5.91 Å². The molecule has 0 aromatic heterocycles. The zero-order valence-corrected chi connectivity index (χ0v) is 13.0. The van der Waals surface area contributed by atoms with Crippen LogP contribution in [0.5, 0.6) is 0 Å². The number of amides is 1. The Balaban J connectivity index is 1.73. The van der Waals surface area contributed by atoms with Crippen molar-refractivity contribution in [1.29, 1.82) is 0 Å². The van der Waals surface area contributed by atoms with Crippen LogP contribution in [0.4, 0.5) is 0 Å². The van der Waals surface area contributed by atoms with Crippen molar-refractivity contribution in [2.24, 2.45) is 5.92 Å². The van der Waals surface area contributed by atoms with Crippen LogP contribution in [0.2, 0.25) is 0 Å². The average Bonchev–Trinajstić information content (AvgIpc) is 2.91. The molecular formula is C18H25NO3. The highest BCUT2D eigenvalue weighted by atomic mass is 16.4. The first kappa shape index (κ1) is 16.5. The van der Waals surface area contributed by atoms with Crippen molar-refractivity contribution in [3.8, 4) is 0 Å². The Morgan fingerprint density at radius 3 is 2.55 bits per heavy atom. The Hall–Kier alpha value is -1.84. The van der Waals surface area contributed by atoms with Gasteiger partial charge < -0.3 is 10.4 Å². The summed E-state index contributed by atoms with van der Waals surface area (Å²) in [5, 5.41) is 11.7. The molecule has 1 aromatic carbocycles. The highest BCUT2D eigenvalue weighted by molar-refractivity contribution is 5.76.